The van der Waals surface area contributed by atoms with Crippen molar-refractivity contribution in [2.24, 2.45) is 0 Å². The second-order valence-electron chi connectivity index (χ2n) is 5.45. The van der Waals surface area contributed by atoms with Crippen molar-refractivity contribution in [3.05, 3.63) is 48.6 Å². The highest BCUT2D eigenvalue weighted by molar-refractivity contribution is 5.83. The summed E-state index contributed by atoms with van der Waals surface area (Å²) in [7, 11) is 0. The van der Waals surface area contributed by atoms with Crippen LogP contribution in [0.5, 0.6) is 0 Å². The van der Waals surface area contributed by atoms with E-state index in [1.54, 1.807) is 20.8 Å². The van der Waals surface area contributed by atoms with Gasteiger partial charge in [-0.1, -0.05) is 36.4 Å². The predicted molar refractivity (Wildman–Crippen MR) is 79.6 cm³/mol. The molecule has 0 fully saturated rings. The SMILES string of the molecule is C=C[C@H](NC(=O)OC(C)(C)C)C(=O)OCc1ccccc1. The monoisotopic (exact) mass is 291 g/mol. The molecule has 0 saturated carbocycles. The molecule has 114 valence electrons. The standard InChI is InChI=1S/C16H21NO4/c1-5-13(17-15(19)21-16(2,3)4)14(18)20-11-12-9-7-6-8-10-12/h5-10,13H,1,11H2,2-4H3,(H,17,19)/t13-/m0/s1. The fourth-order valence-electron chi connectivity index (χ4n) is 1.47. The Balaban J connectivity index is 2.50. The Morgan fingerprint density at radius 3 is 2.43 bits per heavy atom. The van der Waals surface area contributed by atoms with Gasteiger partial charge in [0.1, 0.15) is 18.2 Å². The molecule has 1 atom stereocenters. The van der Waals surface area contributed by atoms with Crippen LogP contribution in [-0.4, -0.2) is 23.7 Å². The lowest BCUT2D eigenvalue weighted by Crippen LogP contribution is -2.43. The molecule has 1 aromatic carbocycles. The van der Waals surface area contributed by atoms with Crippen LogP contribution in [0.2, 0.25) is 0 Å². The third-order valence-electron chi connectivity index (χ3n) is 2.39. The van der Waals surface area contributed by atoms with Crippen LogP contribution in [0.4, 0.5) is 4.79 Å². The van der Waals surface area contributed by atoms with E-state index in [4.69, 9.17) is 9.47 Å². The molecule has 0 bridgehead atoms. The summed E-state index contributed by atoms with van der Waals surface area (Å²) in [6.07, 6.45) is 0.612. The molecule has 0 heterocycles. The Hall–Kier alpha value is -2.30. The average molecular weight is 291 g/mol. The largest absolute Gasteiger partial charge is 0.459 e. The van der Waals surface area contributed by atoms with Crippen molar-refractivity contribution >= 4 is 12.1 Å². The number of rotatable bonds is 5. The van der Waals surface area contributed by atoms with Gasteiger partial charge >= 0.3 is 12.1 Å². The van der Waals surface area contributed by atoms with E-state index in [-0.39, 0.29) is 6.61 Å². The topological polar surface area (TPSA) is 64.6 Å². The second kappa shape index (κ2) is 7.47. The summed E-state index contributed by atoms with van der Waals surface area (Å²) in [5, 5.41) is 2.41. The van der Waals surface area contributed by atoms with Gasteiger partial charge in [-0.2, -0.15) is 0 Å². The first-order valence-electron chi connectivity index (χ1n) is 6.64. The number of ether oxygens (including phenoxy) is 2. The van der Waals surface area contributed by atoms with Crippen LogP contribution in [0, 0.1) is 0 Å². The van der Waals surface area contributed by atoms with Gasteiger partial charge in [-0.15, -0.1) is 6.58 Å². The van der Waals surface area contributed by atoms with Crippen molar-refractivity contribution in [1.29, 1.82) is 0 Å². The molecule has 1 rings (SSSR count). The van der Waals surface area contributed by atoms with E-state index in [1.807, 2.05) is 30.3 Å². The number of esters is 1. The quantitative estimate of drug-likeness (QED) is 0.669. The molecular formula is C16H21NO4. The van der Waals surface area contributed by atoms with Gasteiger partial charge < -0.3 is 14.8 Å². The lowest BCUT2D eigenvalue weighted by atomic mass is 10.2. The lowest BCUT2D eigenvalue weighted by Gasteiger charge is -2.21. The maximum atomic E-state index is 11.9. The zero-order valence-electron chi connectivity index (χ0n) is 12.6. The van der Waals surface area contributed by atoms with E-state index >= 15 is 0 Å². The van der Waals surface area contributed by atoms with Crippen LogP contribution in [-0.2, 0) is 20.9 Å². The number of amides is 1. The van der Waals surface area contributed by atoms with Gasteiger partial charge in [0, 0.05) is 0 Å². The number of hydrogen-bond donors (Lipinski definition) is 1. The third-order valence-corrected chi connectivity index (χ3v) is 2.39. The van der Waals surface area contributed by atoms with Gasteiger partial charge in [-0.25, -0.2) is 9.59 Å². The Morgan fingerprint density at radius 1 is 1.29 bits per heavy atom. The molecule has 0 unspecified atom stereocenters. The number of benzene rings is 1. The van der Waals surface area contributed by atoms with E-state index in [2.05, 4.69) is 11.9 Å². The van der Waals surface area contributed by atoms with Crippen LogP contribution in [0.25, 0.3) is 0 Å². The lowest BCUT2D eigenvalue weighted by molar-refractivity contribution is -0.146. The summed E-state index contributed by atoms with van der Waals surface area (Å²) in [5.74, 6) is -0.584. The van der Waals surface area contributed by atoms with Gasteiger partial charge in [-0.05, 0) is 26.3 Å². The molecule has 0 aliphatic carbocycles. The van der Waals surface area contributed by atoms with Crippen LogP contribution >= 0.6 is 0 Å². The molecule has 1 aromatic rings. The minimum Gasteiger partial charge on any atom is -0.459 e. The molecule has 0 spiro atoms. The van der Waals surface area contributed by atoms with E-state index in [1.165, 1.54) is 6.08 Å². The summed E-state index contributed by atoms with van der Waals surface area (Å²) in [5.41, 5.74) is 0.231. The van der Waals surface area contributed by atoms with Crippen LogP contribution in [0.3, 0.4) is 0 Å². The summed E-state index contributed by atoms with van der Waals surface area (Å²) < 4.78 is 10.2. The fourth-order valence-corrected chi connectivity index (χ4v) is 1.47. The maximum absolute atomic E-state index is 11.9. The smallest absolute Gasteiger partial charge is 0.408 e. The van der Waals surface area contributed by atoms with Crippen LogP contribution in [0.15, 0.2) is 43.0 Å². The highest BCUT2D eigenvalue weighted by Gasteiger charge is 2.23. The summed E-state index contributed by atoms with van der Waals surface area (Å²) in [4.78, 5) is 23.5. The normalized spacial score (nSPS) is 12.1. The Labute approximate surface area is 124 Å². The van der Waals surface area contributed by atoms with E-state index < -0.39 is 23.7 Å². The van der Waals surface area contributed by atoms with Crippen molar-refractivity contribution in [3.8, 4) is 0 Å². The van der Waals surface area contributed by atoms with Gasteiger partial charge in [0.25, 0.3) is 0 Å². The molecule has 0 saturated heterocycles. The predicted octanol–water partition coefficient (Wildman–Crippen LogP) is 2.81. The number of carbonyl (C=O) groups excluding carboxylic acids is 2. The van der Waals surface area contributed by atoms with Crippen molar-refractivity contribution in [3.63, 3.8) is 0 Å². The number of alkyl carbamates (subject to hydrolysis) is 1. The maximum Gasteiger partial charge on any atom is 0.408 e. The highest BCUT2D eigenvalue weighted by atomic mass is 16.6. The molecule has 5 nitrogen and oxygen atoms in total. The molecule has 1 N–H and O–H groups in total. The Morgan fingerprint density at radius 2 is 1.90 bits per heavy atom. The number of nitrogens with one attached hydrogen (secondary N) is 1. The minimum atomic E-state index is -0.941. The number of carbonyl (C=O) groups is 2. The molecule has 0 aromatic heterocycles. The molecular weight excluding hydrogens is 270 g/mol. The van der Waals surface area contributed by atoms with Crippen molar-refractivity contribution < 1.29 is 19.1 Å². The van der Waals surface area contributed by atoms with E-state index in [0.29, 0.717) is 0 Å². The van der Waals surface area contributed by atoms with Gasteiger partial charge in [0.2, 0.25) is 0 Å². The summed E-state index contributed by atoms with van der Waals surface area (Å²) >= 11 is 0. The summed E-state index contributed by atoms with van der Waals surface area (Å²) in [6, 6.07) is 8.33. The summed E-state index contributed by atoms with van der Waals surface area (Å²) in [6.45, 7) is 8.87. The molecule has 1 amide bonds. The van der Waals surface area contributed by atoms with Gasteiger partial charge in [0.15, 0.2) is 0 Å². The third kappa shape index (κ3) is 6.61. The molecule has 0 aliphatic heterocycles. The Kier molecular flexibility index (Phi) is 5.96. The minimum absolute atomic E-state index is 0.139. The van der Waals surface area contributed by atoms with Crippen molar-refractivity contribution in [2.45, 2.75) is 39.0 Å². The van der Waals surface area contributed by atoms with Crippen LogP contribution < -0.4 is 5.32 Å². The van der Waals surface area contributed by atoms with E-state index in [0.717, 1.165) is 5.56 Å². The zero-order chi connectivity index (χ0) is 15.9. The molecule has 0 radical (unpaired) electrons. The Bertz CT molecular complexity index is 491. The van der Waals surface area contributed by atoms with Crippen molar-refractivity contribution in [2.75, 3.05) is 0 Å². The molecule has 5 heteroatoms. The van der Waals surface area contributed by atoms with Gasteiger partial charge in [0.05, 0.1) is 0 Å². The first-order valence-corrected chi connectivity index (χ1v) is 6.64. The zero-order valence-corrected chi connectivity index (χ0v) is 12.6. The average Bonchev–Trinajstić information content (AvgIpc) is 2.41. The van der Waals surface area contributed by atoms with E-state index in [9.17, 15) is 9.59 Å². The second-order valence-corrected chi connectivity index (χ2v) is 5.45. The fraction of sp³-hybridized carbons (Fsp3) is 0.375. The van der Waals surface area contributed by atoms with Crippen LogP contribution in [0.1, 0.15) is 26.3 Å². The molecule has 0 aliphatic rings. The molecule has 21 heavy (non-hydrogen) atoms. The first-order chi connectivity index (χ1) is 9.81. The van der Waals surface area contributed by atoms with Gasteiger partial charge in [-0.3, -0.25) is 0 Å². The highest BCUT2D eigenvalue weighted by Crippen LogP contribution is 2.07. The number of hydrogen-bond acceptors (Lipinski definition) is 4. The first kappa shape index (κ1) is 16.8. The van der Waals surface area contributed by atoms with Crippen molar-refractivity contribution in [1.82, 2.24) is 5.32 Å².